The predicted octanol–water partition coefficient (Wildman–Crippen LogP) is 3.90. The normalized spacial score (nSPS) is 18.2. The minimum atomic E-state index is -4.29. The second-order valence-corrected chi connectivity index (χ2v) is 4.47. The van der Waals surface area contributed by atoms with Crippen LogP contribution in [0.4, 0.5) is 13.2 Å². The van der Waals surface area contributed by atoms with Crippen molar-refractivity contribution in [3.05, 3.63) is 34.9 Å². The van der Waals surface area contributed by atoms with Gasteiger partial charge in [-0.2, -0.15) is 13.2 Å². The third kappa shape index (κ3) is 2.32. The Bertz CT molecular complexity index is 419. The number of hydrogen-bond donors (Lipinski definition) is 0. The molecule has 0 radical (unpaired) electrons. The summed E-state index contributed by atoms with van der Waals surface area (Å²) < 4.78 is 43.6. The van der Waals surface area contributed by atoms with Gasteiger partial charge in [0.05, 0.1) is 11.2 Å². The van der Waals surface area contributed by atoms with Gasteiger partial charge in [0.2, 0.25) is 0 Å². The zero-order valence-electron chi connectivity index (χ0n) is 9.90. The molecule has 17 heavy (non-hydrogen) atoms. The van der Waals surface area contributed by atoms with E-state index in [2.05, 4.69) is 0 Å². The Balaban J connectivity index is 2.47. The molecule has 1 nitrogen and oxygen atoms in total. The molecule has 1 aromatic carbocycles. The number of benzene rings is 1. The molecule has 1 saturated carbocycles. The van der Waals surface area contributed by atoms with Gasteiger partial charge in [-0.25, -0.2) is 0 Å². The first kappa shape index (κ1) is 12.4. The first-order valence-corrected chi connectivity index (χ1v) is 5.68. The van der Waals surface area contributed by atoms with Crippen molar-refractivity contribution in [1.29, 1.82) is 0 Å². The van der Waals surface area contributed by atoms with Crippen LogP contribution in [0.25, 0.3) is 0 Å². The average Bonchev–Trinajstić information content (AvgIpc) is 3.08. The SMILES string of the molecule is CCc1cc(C(F)(F)F)cc(C2(OC)CC2)c1. The van der Waals surface area contributed by atoms with Crippen LogP contribution in [0.3, 0.4) is 0 Å². The monoisotopic (exact) mass is 244 g/mol. The Kier molecular flexibility index (Phi) is 2.94. The summed E-state index contributed by atoms with van der Waals surface area (Å²) in [7, 11) is 1.55. The van der Waals surface area contributed by atoms with Gasteiger partial charge in [-0.15, -0.1) is 0 Å². The summed E-state index contributed by atoms with van der Waals surface area (Å²) in [6, 6.07) is 4.26. The van der Waals surface area contributed by atoms with E-state index in [4.69, 9.17) is 4.74 Å². The van der Waals surface area contributed by atoms with Crippen LogP contribution in [0.5, 0.6) is 0 Å². The number of rotatable bonds is 3. The van der Waals surface area contributed by atoms with E-state index < -0.39 is 17.3 Å². The van der Waals surface area contributed by atoms with Crippen LogP contribution < -0.4 is 0 Å². The predicted molar refractivity (Wildman–Crippen MR) is 58.7 cm³/mol. The topological polar surface area (TPSA) is 9.23 Å². The lowest BCUT2D eigenvalue weighted by Crippen LogP contribution is -2.13. The van der Waals surface area contributed by atoms with Gasteiger partial charge in [0, 0.05) is 7.11 Å². The molecular weight excluding hydrogens is 229 g/mol. The van der Waals surface area contributed by atoms with Crippen molar-refractivity contribution in [3.8, 4) is 0 Å². The molecule has 4 heteroatoms. The van der Waals surface area contributed by atoms with Crippen LogP contribution in [0.2, 0.25) is 0 Å². The zero-order valence-corrected chi connectivity index (χ0v) is 9.90. The highest BCUT2D eigenvalue weighted by molar-refractivity contribution is 5.37. The molecule has 0 unspecified atom stereocenters. The molecule has 1 fully saturated rings. The highest BCUT2D eigenvalue weighted by Crippen LogP contribution is 2.49. The molecule has 0 saturated heterocycles. The standard InChI is InChI=1S/C13H15F3O/c1-3-9-6-10(12(17-2)4-5-12)8-11(7-9)13(14,15)16/h6-8H,3-5H2,1-2H3. The molecule has 1 aromatic rings. The second-order valence-electron chi connectivity index (χ2n) is 4.47. The molecule has 1 aliphatic carbocycles. The van der Waals surface area contributed by atoms with E-state index >= 15 is 0 Å². The van der Waals surface area contributed by atoms with Crippen LogP contribution in [0, 0.1) is 0 Å². The first-order valence-electron chi connectivity index (χ1n) is 5.68. The molecule has 0 spiro atoms. The summed E-state index contributed by atoms with van der Waals surface area (Å²) in [6.45, 7) is 1.85. The zero-order chi connectivity index (χ0) is 12.7. The Hall–Kier alpha value is -1.03. The maximum absolute atomic E-state index is 12.8. The van der Waals surface area contributed by atoms with Crippen molar-refractivity contribution in [1.82, 2.24) is 0 Å². The first-order chi connectivity index (χ1) is 7.91. The number of methoxy groups -OCH3 is 1. The lowest BCUT2D eigenvalue weighted by Gasteiger charge is -2.17. The van der Waals surface area contributed by atoms with Crippen molar-refractivity contribution in [2.24, 2.45) is 0 Å². The molecule has 0 bridgehead atoms. The van der Waals surface area contributed by atoms with Crippen molar-refractivity contribution in [3.63, 3.8) is 0 Å². The third-order valence-corrected chi connectivity index (χ3v) is 3.35. The Morgan fingerprint density at radius 2 is 1.88 bits per heavy atom. The van der Waals surface area contributed by atoms with E-state index in [-0.39, 0.29) is 0 Å². The number of halogens is 3. The number of hydrogen-bond acceptors (Lipinski definition) is 1. The molecule has 0 aliphatic heterocycles. The maximum Gasteiger partial charge on any atom is 0.416 e. The highest BCUT2D eigenvalue weighted by atomic mass is 19.4. The van der Waals surface area contributed by atoms with Gasteiger partial charge >= 0.3 is 6.18 Å². The third-order valence-electron chi connectivity index (χ3n) is 3.35. The van der Waals surface area contributed by atoms with Crippen LogP contribution in [-0.2, 0) is 22.9 Å². The van der Waals surface area contributed by atoms with Gasteiger partial charge in [-0.1, -0.05) is 13.0 Å². The van der Waals surface area contributed by atoms with Gasteiger partial charge in [0.25, 0.3) is 0 Å². The number of alkyl halides is 3. The molecular formula is C13H15F3O. The summed E-state index contributed by atoms with van der Waals surface area (Å²) >= 11 is 0. The fourth-order valence-corrected chi connectivity index (χ4v) is 2.05. The van der Waals surface area contributed by atoms with Gasteiger partial charge in [0.15, 0.2) is 0 Å². The Morgan fingerprint density at radius 1 is 1.24 bits per heavy atom. The van der Waals surface area contributed by atoms with E-state index in [1.807, 2.05) is 13.0 Å². The molecule has 1 aliphatic rings. The second kappa shape index (κ2) is 4.02. The van der Waals surface area contributed by atoms with E-state index in [0.717, 1.165) is 12.8 Å². The lowest BCUT2D eigenvalue weighted by atomic mass is 9.99. The quantitative estimate of drug-likeness (QED) is 0.783. The minimum absolute atomic E-state index is 0.467. The number of ether oxygens (including phenoxy) is 1. The molecule has 2 rings (SSSR count). The average molecular weight is 244 g/mol. The van der Waals surface area contributed by atoms with E-state index in [1.54, 1.807) is 7.11 Å². The summed E-state index contributed by atoms with van der Waals surface area (Å²) in [5.41, 5.74) is 0.325. The summed E-state index contributed by atoms with van der Waals surface area (Å²) in [5, 5.41) is 0. The van der Waals surface area contributed by atoms with E-state index in [0.29, 0.717) is 17.5 Å². The molecule has 94 valence electrons. The molecule has 0 N–H and O–H groups in total. The number of aryl methyl sites for hydroxylation is 1. The smallest absolute Gasteiger partial charge is 0.374 e. The lowest BCUT2D eigenvalue weighted by molar-refractivity contribution is -0.137. The van der Waals surface area contributed by atoms with E-state index in [9.17, 15) is 13.2 Å². The fourth-order valence-electron chi connectivity index (χ4n) is 2.05. The van der Waals surface area contributed by atoms with Gasteiger partial charge in [-0.3, -0.25) is 0 Å². The highest BCUT2D eigenvalue weighted by Gasteiger charge is 2.46. The summed E-state index contributed by atoms with van der Waals surface area (Å²) in [4.78, 5) is 0. The van der Waals surface area contributed by atoms with Crippen molar-refractivity contribution >= 4 is 0 Å². The summed E-state index contributed by atoms with van der Waals surface area (Å²) in [6.07, 6.45) is -2.09. The van der Waals surface area contributed by atoms with Crippen LogP contribution in [-0.4, -0.2) is 7.11 Å². The maximum atomic E-state index is 12.8. The van der Waals surface area contributed by atoms with Gasteiger partial charge in [0.1, 0.15) is 0 Å². The van der Waals surface area contributed by atoms with E-state index in [1.165, 1.54) is 12.1 Å². The molecule has 0 heterocycles. The fraction of sp³-hybridized carbons (Fsp3) is 0.538. The van der Waals surface area contributed by atoms with Crippen LogP contribution in [0.1, 0.15) is 36.5 Å². The van der Waals surface area contributed by atoms with Gasteiger partial charge in [-0.05, 0) is 42.5 Å². The Morgan fingerprint density at radius 3 is 2.29 bits per heavy atom. The van der Waals surface area contributed by atoms with Crippen molar-refractivity contribution in [2.45, 2.75) is 38.0 Å². The van der Waals surface area contributed by atoms with Crippen LogP contribution >= 0.6 is 0 Å². The van der Waals surface area contributed by atoms with Crippen LogP contribution in [0.15, 0.2) is 18.2 Å². The Labute approximate surface area is 98.6 Å². The van der Waals surface area contributed by atoms with Crippen molar-refractivity contribution < 1.29 is 17.9 Å². The molecule has 0 aromatic heterocycles. The summed E-state index contributed by atoms with van der Waals surface area (Å²) in [5.74, 6) is 0. The molecule has 0 amide bonds. The van der Waals surface area contributed by atoms with Gasteiger partial charge < -0.3 is 4.74 Å². The molecule has 0 atom stereocenters. The van der Waals surface area contributed by atoms with Crippen molar-refractivity contribution in [2.75, 3.05) is 7.11 Å². The minimum Gasteiger partial charge on any atom is -0.374 e. The largest absolute Gasteiger partial charge is 0.416 e.